The predicted octanol–water partition coefficient (Wildman–Crippen LogP) is 3.98. The van der Waals surface area contributed by atoms with Crippen molar-refractivity contribution >= 4 is 12.1 Å². The molecule has 3 rings (SSSR count). The minimum atomic E-state index is -0.973. The lowest BCUT2D eigenvalue weighted by Gasteiger charge is -2.17. The van der Waals surface area contributed by atoms with Crippen molar-refractivity contribution < 1.29 is 28.9 Å². The molecular weight excluding hydrogens is 410 g/mol. The molecule has 3 aromatic carbocycles. The number of phenols is 1. The van der Waals surface area contributed by atoms with Gasteiger partial charge in [0, 0.05) is 6.42 Å². The number of methoxy groups -OCH3 is 1. The standard InChI is InChI=1S/C25H25NO6/c1-30-24(28)21(26-25(29)32-17-19-10-6-3-7-11-19)14-20-12-13-23(22(27)15-20)31-16-18-8-4-2-5-9-18/h2-13,15,21,27H,14,16-17H2,1H3,(H,26,29). The minimum Gasteiger partial charge on any atom is -0.504 e. The van der Waals surface area contributed by atoms with Crippen LogP contribution in [-0.4, -0.2) is 30.3 Å². The van der Waals surface area contributed by atoms with Crippen LogP contribution in [0.25, 0.3) is 0 Å². The molecule has 1 unspecified atom stereocenters. The van der Waals surface area contributed by atoms with Crippen molar-refractivity contribution in [1.82, 2.24) is 5.32 Å². The number of carbonyl (C=O) groups is 2. The van der Waals surface area contributed by atoms with E-state index in [1.165, 1.54) is 13.2 Å². The van der Waals surface area contributed by atoms with Crippen LogP contribution in [-0.2, 0) is 33.9 Å². The maximum Gasteiger partial charge on any atom is 0.408 e. The number of esters is 1. The Labute approximate surface area is 186 Å². The van der Waals surface area contributed by atoms with E-state index in [9.17, 15) is 14.7 Å². The van der Waals surface area contributed by atoms with Crippen LogP contribution < -0.4 is 10.1 Å². The third kappa shape index (κ3) is 6.77. The molecule has 0 saturated carbocycles. The molecule has 0 spiro atoms. The maximum atomic E-state index is 12.2. The summed E-state index contributed by atoms with van der Waals surface area (Å²) in [5.74, 6) is -0.360. The molecule has 166 valence electrons. The highest BCUT2D eigenvalue weighted by molar-refractivity contribution is 5.81. The van der Waals surface area contributed by atoms with Gasteiger partial charge >= 0.3 is 12.1 Å². The number of hydrogen-bond acceptors (Lipinski definition) is 6. The fourth-order valence-electron chi connectivity index (χ4n) is 3.03. The second-order valence-corrected chi connectivity index (χ2v) is 7.06. The highest BCUT2D eigenvalue weighted by atomic mass is 16.6. The first-order valence-corrected chi connectivity index (χ1v) is 10.1. The number of rotatable bonds is 9. The Bertz CT molecular complexity index is 1020. The topological polar surface area (TPSA) is 94.1 Å². The molecule has 7 heteroatoms. The number of hydrogen-bond donors (Lipinski definition) is 2. The van der Waals surface area contributed by atoms with Gasteiger partial charge in [0.25, 0.3) is 0 Å². The maximum absolute atomic E-state index is 12.2. The fraction of sp³-hybridized carbons (Fsp3) is 0.200. The van der Waals surface area contributed by atoms with Crippen molar-refractivity contribution in [2.24, 2.45) is 0 Å². The monoisotopic (exact) mass is 435 g/mol. The summed E-state index contributed by atoms with van der Waals surface area (Å²) in [6.07, 6.45) is -0.629. The average molecular weight is 435 g/mol. The molecule has 1 atom stereocenters. The Hall–Kier alpha value is -4.00. The number of nitrogens with one attached hydrogen (secondary N) is 1. The summed E-state index contributed by atoms with van der Waals surface area (Å²) in [5, 5.41) is 12.8. The zero-order valence-corrected chi connectivity index (χ0v) is 17.7. The molecule has 0 aromatic heterocycles. The first-order chi connectivity index (χ1) is 15.5. The molecule has 0 aliphatic heterocycles. The summed E-state index contributed by atoms with van der Waals surface area (Å²) in [7, 11) is 1.24. The Morgan fingerprint density at radius 1 is 0.875 bits per heavy atom. The summed E-state index contributed by atoms with van der Waals surface area (Å²) < 4.78 is 15.6. The average Bonchev–Trinajstić information content (AvgIpc) is 2.82. The minimum absolute atomic E-state index is 0.0614. The number of amides is 1. The van der Waals surface area contributed by atoms with Crippen LogP contribution in [0.15, 0.2) is 78.9 Å². The second-order valence-electron chi connectivity index (χ2n) is 7.06. The van der Waals surface area contributed by atoms with Crippen molar-refractivity contribution in [3.8, 4) is 11.5 Å². The number of carbonyl (C=O) groups excluding carboxylic acids is 2. The van der Waals surface area contributed by atoms with Gasteiger partial charge in [-0.15, -0.1) is 0 Å². The van der Waals surface area contributed by atoms with Crippen LogP contribution >= 0.6 is 0 Å². The summed E-state index contributed by atoms with van der Waals surface area (Å²) in [6, 6.07) is 22.6. The largest absolute Gasteiger partial charge is 0.504 e. The number of benzene rings is 3. The van der Waals surface area contributed by atoms with E-state index in [2.05, 4.69) is 5.32 Å². The normalized spacial score (nSPS) is 11.3. The highest BCUT2D eigenvalue weighted by Crippen LogP contribution is 2.28. The first-order valence-electron chi connectivity index (χ1n) is 10.1. The number of aromatic hydroxyl groups is 1. The quantitative estimate of drug-likeness (QED) is 0.494. The zero-order chi connectivity index (χ0) is 22.8. The summed E-state index contributed by atoms with van der Waals surface area (Å²) in [6.45, 7) is 0.391. The van der Waals surface area contributed by atoms with E-state index in [0.29, 0.717) is 17.9 Å². The summed E-state index contributed by atoms with van der Waals surface area (Å²) >= 11 is 0. The van der Waals surface area contributed by atoms with E-state index in [4.69, 9.17) is 14.2 Å². The van der Waals surface area contributed by atoms with Crippen molar-refractivity contribution in [2.45, 2.75) is 25.7 Å². The number of phenolic OH excluding ortho intramolecular Hbond substituents is 1. The lowest BCUT2D eigenvalue weighted by Crippen LogP contribution is -2.43. The second kappa shape index (κ2) is 11.4. The van der Waals surface area contributed by atoms with Gasteiger partial charge in [-0.1, -0.05) is 66.7 Å². The zero-order valence-electron chi connectivity index (χ0n) is 17.7. The molecule has 0 radical (unpaired) electrons. The Kier molecular flexibility index (Phi) is 8.09. The third-order valence-electron chi connectivity index (χ3n) is 4.69. The van der Waals surface area contributed by atoms with Crippen LogP contribution in [0.2, 0.25) is 0 Å². The van der Waals surface area contributed by atoms with E-state index in [1.807, 2.05) is 60.7 Å². The molecule has 32 heavy (non-hydrogen) atoms. The Morgan fingerprint density at radius 2 is 1.50 bits per heavy atom. The van der Waals surface area contributed by atoms with Gasteiger partial charge in [0.15, 0.2) is 11.5 Å². The van der Waals surface area contributed by atoms with Crippen LogP contribution in [0.1, 0.15) is 16.7 Å². The lowest BCUT2D eigenvalue weighted by atomic mass is 10.1. The lowest BCUT2D eigenvalue weighted by molar-refractivity contribution is -0.143. The molecule has 0 bridgehead atoms. The molecule has 1 amide bonds. The van der Waals surface area contributed by atoms with Gasteiger partial charge in [0.05, 0.1) is 7.11 Å². The van der Waals surface area contributed by atoms with Crippen LogP contribution in [0.4, 0.5) is 4.79 Å². The van der Waals surface area contributed by atoms with Crippen LogP contribution in [0, 0.1) is 0 Å². The highest BCUT2D eigenvalue weighted by Gasteiger charge is 2.23. The van der Waals surface area contributed by atoms with Crippen molar-refractivity contribution in [3.05, 3.63) is 95.6 Å². The molecule has 7 nitrogen and oxygen atoms in total. The number of ether oxygens (including phenoxy) is 3. The van der Waals surface area contributed by atoms with Gasteiger partial charge in [-0.25, -0.2) is 9.59 Å². The molecule has 0 aliphatic carbocycles. The molecule has 3 aromatic rings. The van der Waals surface area contributed by atoms with Crippen molar-refractivity contribution in [3.63, 3.8) is 0 Å². The fourth-order valence-corrected chi connectivity index (χ4v) is 3.03. The summed E-state index contributed by atoms with van der Waals surface area (Å²) in [5.41, 5.74) is 2.42. The van der Waals surface area contributed by atoms with Crippen molar-refractivity contribution in [2.75, 3.05) is 7.11 Å². The van der Waals surface area contributed by atoms with Gasteiger partial charge in [0.1, 0.15) is 19.3 Å². The SMILES string of the molecule is COC(=O)C(Cc1ccc(OCc2ccccc2)c(O)c1)NC(=O)OCc1ccccc1. The van der Waals surface area contributed by atoms with E-state index in [0.717, 1.165) is 11.1 Å². The molecular formula is C25H25NO6. The first kappa shape index (κ1) is 22.7. The van der Waals surface area contributed by atoms with E-state index < -0.39 is 18.1 Å². The number of alkyl carbamates (subject to hydrolysis) is 1. The molecule has 0 heterocycles. The molecule has 0 saturated heterocycles. The smallest absolute Gasteiger partial charge is 0.408 e. The molecule has 0 fully saturated rings. The van der Waals surface area contributed by atoms with E-state index >= 15 is 0 Å². The third-order valence-corrected chi connectivity index (χ3v) is 4.69. The van der Waals surface area contributed by atoms with Crippen LogP contribution in [0.3, 0.4) is 0 Å². The predicted molar refractivity (Wildman–Crippen MR) is 118 cm³/mol. The molecule has 0 aliphatic rings. The van der Waals surface area contributed by atoms with E-state index in [1.54, 1.807) is 12.1 Å². The Balaban J connectivity index is 1.59. The van der Waals surface area contributed by atoms with Gasteiger partial charge in [-0.05, 0) is 28.8 Å². The van der Waals surface area contributed by atoms with Gasteiger partial charge in [0.2, 0.25) is 0 Å². The van der Waals surface area contributed by atoms with Gasteiger partial charge < -0.3 is 24.6 Å². The van der Waals surface area contributed by atoms with E-state index in [-0.39, 0.29) is 18.8 Å². The van der Waals surface area contributed by atoms with Crippen molar-refractivity contribution in [1.29, 1.82) is 0 Å². The van der Waals surface area contributed by atoms with Crippen LogP contribution in [0.5, 0.6) is 11.5 Å². The molecule has 2 N–H and O–H groups in total. The Morgan fingerprint density at radius 3 is 2.09 bits per heavy atom. The van der Waals surface area contributed by atoms with Gasteiger partial charge in [-0.2, -0.15) is 0 Å². The van der Waals surface area contributed by atoms with Gasteiger partial charge in [-0.3, -0.25) is 0 Å². The summed E-state index contributed by atoms with van der Waals surface area (Å²) in [4.78, 5) is 24.3.